The molecule has 2 aromatic carbocycles. The van der Waals surface area contributed by atoms with Gasteiger partial charge in [-0.15, -0.1) is 0 Å². The first-order valence-corrected chi connectivity index (χ1v) is 8.49. The molecular weight excluding hydrogens is 344 g/mol. The van der Waals surface area contributed by atoms with Crippen molar-refractivity contribution in [2.75, 3.05) is 21.3 Å². The molecule has 27 heavy (non-hydrogen) atoms. The second-order valence-electron chi connectivity index (χ2n) is 6.02. The lowest BCUT2D eigenvalue weighted by Crippen LogP contribution is -2.01. The Labute approximate surface area is 156 Å². The maximum atomic E-state index is 5.52. The van der Waals surface area contributed by atoms with Gasteiger partial charge in [0.15, 0.2) is 17.1 Å². The molecule has 0 saturated heterocycles. The van der Waals surface area contributed by atoms with Gasteiger partial charge in [-0.05, 0) is 11.6 Å². The summed E-state index contributed by atoms with van der Waals surface area (Å²) >= 11 is 0. The summed E-state index contributed by atoms with van der Waals surface area (Å²) in [4.78, 5) is 8.06. The molecule has 4 rings (SSSR count). The Morgan fingerprint density at radius 1 is 0.926 bits per heavy atom. The molecule has 0 saturated carbocycles. The van der Waals surface area contributed by atoms with Crippen molar-refractivity contribution in [1.29, 1.82) is 0 Å². The van der Waals surface area contributed by atoms with Gasteiger partial charge in [-0.1, -0.05) is 30.3 Å². The predicted octanol–water partition coefficient (Wildman–Crippen LogP) is 3.50. The number of imidazole rings is 1. The van der Waals surface area contributed by atoms with Crippen molar-refractivity contribution in [2.45, 2.75) is 6.54 Å². The summed E-state index contributed by atoms with van der Waals surface area (Å²) in [6, 6.07) is 13.8. The van der Waals surface area contributed by atoms with Crippen molar-refractivity contribution in [2.24, 2.45) is 0 Å². The van der Waals surface area contributed by atoms with Crippen LogP contribution in [0.15, 0.2) is 48.7 Å². The van der Waals surface area contributed by atoms with E-state index in [1.54, 1.807) is 33.6 Å². The van der Waals surface area contributed by atoms with E-state index in [-0.39, 0.29) is 0 Å². The number of nitrogens with one attached hydrogen (secondary N) is 1. The smallest absolute Gasteiger partial charge is 0.177 e. The van der Waals surface area contributed by atoms with Crippen LogP contribution in [-0.4, -0.2) is 41.1 Å². The van der Waals surface area contributed by atoms with Gasteiger partial charge in [-0.3, -0.25) is 0 Å². The molecule has 0 fully saturated rings. The molecule has 0 radical (unpaired) electrons. The van der Waals surface area contributed by atoms with Crippen LogP contribution < -0.4 is 14.2 Å². The Kier molecular flexibility index (Phi) is 4.42. The van der Waals surface area contributed by atoms with Crippen LogP contribution >= 0.6 is 0 Å². The number of aromatic nitrogens is 4. The Balaban J connectivity index is 1.77. The van der Waals surface area contributed by atoms with Gasteiger partial charge in [0.05, 0.1) is 39.6 Å². The van der Waals surface area contributed by atoms with Crippen molar-refractivity contribution in [1.82, 2.24) is 19.7 Å². The summed E-state index contributed by atoms with van der Waals surface area (Å²) in [5.41, 5.74) is 3.59. The molecule has 2 heterocycles. The van der Waals surface area contributed by atoms with Crippen molar-refractivity contribution < 1.29 is 14.2 Å². The Bertz CT molecular complexity index is 1070. The molecule has 138 valence electrons. The molecule has 2 aromatic heterocycles. The zero-order valence-corrected chi connectivity index (χ0v) is 15.4. The number of hydrogen-bond donors (Lipinski definition) is 1. The number of benzene rings is 2. The minimum Gasteiger partial charge on any atom is -0.496 e. The number of aromatic amines is 1. The monoisotopic (exact) mass is 364 g/mol. The molecule has 0 amide bonds. The van der Waals surface area contributed by atoms with E-state index < -0.39 is 0 Å². The second-order valence-corrected chi connectivity index (χ2v) is 6.02. The van der Waals surface area contributed by atoms with Crippen LogP contribution in [0, 0.1) is 0 Å². The lowest BCUT2D eigenvalue weighted by Gasteiger charge is -2.12. The van der Waals surface area contributed by atoms with Gasteiger partial charge < -0.3 is 19.2 Å². The maximum absolute atomic E-state index is 5.52. The molecule has 0 spiro atoms. The fraction of sp³-hybridized carbons (Fsp3) is 0.200. The first kappa shape index (κ1) is 17.0. The molecule has 0 aliphatic heterocycles. The van der Waals surface area contributed by atoms with E-state index in [4.69, 9.17) is 19.2 Å². The number of ether oxygens (including phenoxy) is 3. The van der Waals surface area contributed by atoms with Crippen LogP contribution in [0.3, 0.4) is 0 Å². The molecule has 1 N–H and O–H groups in total. The van der Waals surface area contributed by atoms with Gasteiger partial charge in [-0.25, -0.2) is 9.67 Å². The number of rotatable bonds is 6. The van der Waals surface area contributed by atoms with E-state index >= 15 is 0 Å². The normalized spacial score (nSPS) is 10.9. The van der Waals surface area contributed by atoms with Crippen LogP contribution in [0.5, 0.6) is 17.2 Å². The predicted molar refractivity (Wildman–Crippen MR) is 103 cm³/mol. The highest BCUT2D eigenvalue weighted by Gasteiger charge is 2.18. The molecule has 0 aliphatic carbocycles. The third-order valence-corrected chi connectivity index (χ3v) is 4.42. The molecule has 0 bridgehead atoms. The first-order valence-electron chi connectivity index (χ1n) is 8.49. The Morgan fingerprint density at radius 2 is 1.63 bits per heavy atom. The van der Waals surface area contributed by atoms with Gasteiger partial charge in [0.2, 0.25) is 0 Å². The molecule has 7 nitrogen and oxygen atoms in total. The van der Waals surface area contributed by atoms with Crippen LogP contribution in [-0.2, 0) is 6.54 Å². The number of nitrogens with zero attached hydrogens (tertiary/aromatic N) is 3. The van der Waals surface area contributed by atoms with Crippen LogP contribution in [0.2, 0.25) is 0 Å². The highest BCUT2D eigenvalue weighted by Crippen LogP contribution is 2.39. The fourth-order valence-electron chi connectivity index (χ4n) is 3.06. The van der Waals surface area contributed by atoms with E-state index in [0.29, 0.717) is 29.6 Å². The third-order valence-electron chi connectivity index (χ3n) is 4.42. The van der Waals surface area contributed by atoms with Crippen LogP contribution in [0.4, 0.5) is 0 Å². The summed E-state index contributed by atoms with van der Waals surface area (Å²) in [6.07, 6.45) is 1.78. The summed E-state index contributed by atoms with van der Waals surface area (Å²) in [7, 11) is 4.81. The molecule has 0 unspecified atom stereocenters. The zero-order chi connectivity index (χ0) is 18.8. The minimum atomic E-state index is 0.601. The average Bonchev–Trinajstić information content (AvgIpc) is 3.29. The van der Waals surface area contributed by atoms with Gasteiger partial charge >= 0.3 is 0 Å². The SMILES string of the molecule is COc1cc(OC)c(-c2nc3c(cnn3Cc3ccccc3)[nH]2)cc1OC. The van der Waals surface area contributed by atoms with Crippen LogP contribution in [0.1, 0.15) is 5.56 Å². The average molecular weight is 364 g/mol. The highest BCUT2D eigenvalue weighted by atomic mass is 16.5. The van der Waals surface area contributed by atoms with Gasteiger partial charge in [0, 0.05) is 6.07 Å². The quantitative estimate of drug-likeness (QED) is 0.567. The summed E-state index contributed by atoms with van der Waals surface area (Å²) < 4.78 is 18.2. The summed E-state index contributed by atoms with van der Waals surface area (Å²) in [5, 5.41) is 4.44. The zero-order valence-electron chi connectivity index (χ0n) is 15.4. The minimum absolute atomic E-state index is 0.601. The maximum Gasteiger partial charge on any atom is 0.177 e. The molecule has 4 aromatic rings. The largest absolute Gasteiger partial charge is 0.496 e. The van der Waals surface area contributed by atoms with Crippen LogP contribution in [0.25, 0.3) is 22.6 Å². The molecular formula is C20H20N4O3. The number of H-pyrrole nitrogens is 1. The van der Waals surface area contributed by atoms with E-state index in [9.17, 15) is 0 Å². The van der Waals surface area contributed by atoms with Crippen molar-refractivity contribution in [3.8, 4) is 28.6 Å². The van der Waals surface area contributed by atoms with Gasteiger partial charge in [0.25, 0.3) is 0 Å². The molecule has 0 aliphatic rings. The summed E-state index contributed by atoms with van der Waals surface area (Å²) in [5.74, 6) is 2.54. The van der Waals surface area contributed by atoms with Crippen molar-refractivity contribution >= 4 is 11.2 Å². The van der Waals surface area contributed by atoms with Crippen molar-refractivity contribution in [3.63, 3.8) is 0 Å². The first-order chi connectivity index (χ1) is 13.2. The van der Waals surface area contributed by atoms with Crippen molar-refractivity contribution in [3.05, 3.63) is 54.2 Å². The number of methoxy groups -OCH3 is 3. The second kappa shape index (κ2) is 7.03. The Morgan fingerprint density at radius 3 is 2.33 bits per heavy atom. The third kappa shape index (κ3) is 3.08. The topological polar surface area (TPSA) is 74.2 Å². The van der Waals surface area contributed by atoms with E-state index in [1.807, 2.05) is 28.9 Å². The fourth-order valence-corrected chi connectivity index (χ4v) is 3.06. The highest BCUT2D eigenvalue weighted by molar-refractivity contribution is 5.79. The lowest BCUT2D eigenvalue weighted by atomic mass is 10.1. The molecule has 7 heteroatoms. The van der Waals surface area contributed by atoms with Gasteiger partial charge in [0.1, 0.15) is 17.1 Å². The van der Waals surface area contributed by atoms with E-state index in [2.05, 4.69) is 22.2 Å². The lowest BCUT2D eigenvalue weighted by molar-refractivity contribution is 0.349. The standard InChI is InChI=1S/C20H20N4O3/c1-25-16-10-18(27-3)17(26-2)9-14(16)19-22-15-11-21-24(20(15)23-19)12-13-7-5-4-6-8-13/h4-11H,12H2,1-3H3,(H,22,23). The summed E-state index contributed by atoms with van der Waals surface area (Å²) in [6.45, 7) is 0.650. The number of fused-ring (bicyclic) bond motifs is 1. The molecule has 0 atom stereocenters. The van der Waals surface area contributed by atoms with Gasteiger partial charge in [-0.2, -0.15) is 5.10 Å². The van der Waals surface area contributed by atoms with E-state index in [1.165, 1.54) is 0 Å². The number of hydrogen-bond acceptors (Lipinski definition) is 5. The Hall–Kier alpha value is -3.48. The van der Waals surface area contributed by atoms with E-state index in [0.717, 1.165) is 22.3 Å².